The monoisotopic (exact) mass is 928 g/mol. The summed E-state index contributed by atoms with van der Waals surface area (Å²) in [6.07, 6.45) is -21.0. The molecule has 0 bridgehead atoms. The molecule has 3 aliphatic rings. The number of carboxylic acids is 1. The molecule has 7 unspecified atom stereocenters. The van der Waals surface area contributed by atoms with Crippen LogP contribution in [0.3, 0.4) is 0 Å². The molecule has 24 nitrogen and oxygen atoms in total. The first-order valence-corrected chi connectivity index (χ1v) is 21.5. The molecule has 0 radical (unpaired) electrons. The zero-order valence-electron chi connectivity index (χ0n) is 35.5. The molecule has 63 heavy (non-hydrogen) atoms. The van der Waals surface area contributed by atoms with E-state index in [4.69, 9.17) is 53.7 Å². The quantitative estimate of drug-likeness (QED) is 0.0352. The van der Waals surface area contributed by atoms with Crippen LogP contribution in [0.4, 0.5) is 4.79 Å². The van der Waals surface area contributed by atoms with Crippen LogP contribution in [0.2, 0.25) is 0 Å². The molecule has 11 N–H and O–H groups in total. The molecule has 0 saturated carbocycles. The summed E-state index contributed by atoms with van der Waals surface area (Å²) in [5.74, 6) is -4.52. The van der Waals surface area contributed by atoms with Gasteiger partial charge in [-0.25, -0.2) is 4.79 Å². The van der Waals surface area contributed by atoms with Gasteiger partial charge >= 0.3 is 6.09 Å². The highest BCUT2D eigenvalue weighted by Crippen LogP contribution is 2.44. The van der Waals surface area contributed by atoms with Gasteiger partial charge in [0.05, 0.1) is 38.5 Å². The van der Waals surface area contributed by atoms with Gasteiger partial charge in [-0.2, -0.15) is 0 Å². The van der Waals surface area contributed by atoms with Crippen LogP contribution in [0, 0.1) is 5.92 Å². The number of carboxylic acid groups (broad SMARTS) is 1. The van der Waals surface area contributed by atoms with E-state index in [0.29, 0.717) is 12.8 Å². The molecule has 2 amide bonds. The Morgan fingerprint density at radius 1 is 0.778 bits per heavy atom. The molecule has 25 heteroatoms. The van der Waals surface area contributed by atoms with E-state index in [1.165, 1.54) is 18.1 Å². The summed E-state index contributed by atoms with van der Waals surface area (Å²) in [5, 5.41) is 84.6. The van der Waals surface area contributed by atoms with E-state index in [-0.39, 0.29) is 6.61 Å². The lowest BCUT2D eigenvalue weighted by molar-refractivity contribution is -0.359. The van der Waals surface area contributed by atoms with Crippen molar-refractivity contribution in [1.82, 2.24) is 0 Å². The standard InChI is InChI=1S/C38H63N2O22P/c1-17(2)8-6-9-18(3)10-7-11-19(4)12-13-54-23(34(49)50)16-56-63(52,53)62-37-32(30(61-38(40)51)29(47)31(59-37)33(39)48)60-35-20(5)24(42)26(44)22(58-35)15-55-36-28(46)27(45)25(43)21(14-41)57-36/h8,10,12,20-32,35-37,41-47H,6-7,9,11,13-16H2,1-5H3,(H2,39,48)(H2,40,51)(H,49,50)(H,52,53)/p-2/b18-10+,19-12-/t20?,21?,22?,23-,24+,25+,26+,27-,28?,29+,30-,31?,32?,35-,36+,37+/m0/s1. The molecule has 3 rings (SSSR count). The molecular weight excluding hydrogens is 867 g/mol. The highest BCUT2D eigenvalue weighted by Gasteiger charge is 2.55. The van der Waals surface area contributed by atoms with Gasteiger partial charge in [-0.05, 0) is 53.4 Å². The number of phosphoric acid groups is 1. The lowest BCUT2D eigenvalue weighted by Crippen LogP contribution is -2.65. The van der Waals surface area contributed by atoms with Gasteiger partial charge in [-0.15, -0.1) is 0 Å². The van der Waals surface area contributed by atoms with E-state index in [0.717, 1.165) is 18.4 Å². The van der Waals surface area contributed by atoms with E-state index in [2.05, 4.69) is 12.2 Å². The van der Waals surface area contributed by atoms with Gasteiger partial charge in [0.1, 0.15) is 48.8 Å². The van der Waals surface area contributed by atoms with Crippen LogP contribution in [-0.2, 0) is 56.4 Å². The number of phosphoric ester groups is 1. The van der Waals surface area contributed by atoms with Crippen molar-refractivity contribution in [3.05, 3.63) is 34.9 Å². The molecule has 0 aromatic heterocycles. The predicted molar refractivity (Wildman–Crippen MR) is 208 cm³/mol. The van der Waals surface area contributed by atoms with Crippen molar-refractivity contribution in [3.8, 4) is 0 Å². The molecule has 3 heterocycles. The van der Waals surface area contributed by atoms with Crippen molar-refractivity contribution in [2.45, 2.75) is 152 Å². The molecule has 0 spiro atoms. The lowest BCUT2D eigenvalue weighted by atomic mass is 9.92. The molecule has 362 valence electrons. The Morgan fingerprint density at radius 3 is 1.97 bits per heavy atom. The van der Waals surface area contributed by atoms with E-state index in [9.17, 15) is 64.7 Å². The first kappa shape index (κ1) is 54.4. The maximum absolute atomic E-state index is 13.2. The SMILES string of the molecule is CC(C)=CCC/C(C)=C/CC/C(C)=C\CO[C@@H](COP(=O)([O-])O[C@H]1OC(C(N)=O)[C@H](O)[C@H](OC(N)=O)C1O[C@@H]1OC(CO[C@@H]2OC(CO)[C@@H](O)[C@H](O)C2O)[C@@H](O)[C@H](O)C1C)C(=O)[O-]. The van der Waals surface area contributed by atoms with Gasteiger partial charge in [0.15, 0.2) is 37.2 Å². The summed E-state index contributed by atoms with van der Waals surface area (Å²) >= 11 is 0. The van der Waals surface area contributed by atoms with Crippen LogP contribution in [-0.4, -0.2) is 172 Å². The summed E-state index contributed by atoms with van der Waals surface area (Å²) < 4.78 is 61.0. The largest absolute Gasteiger partial charge is 0.756 e. The average Bonchev–Trinajstić information content (AvgIpc) is 3.20. The summed E-state index contributed by atoms with van der Waals surface area (Å²) in [6, 6.07) is 0. The van der Waals surface area contributed by atoms with Crippen LogP contribution < -0.4 is 21.5 Å². The fourth-order valence-electron chi connectivity index (χ4n) is 6.62. The van der Waals surface area contributed by atoms with Gasteiger partial charge in [0.2, 0.25) is 5.91 Å². The van der Waals surface area contributed by atoms with E-state index in [1.807, 2.05) is 20.8 Å². The highest BCUT2D eigenvalue weighted by molar-refractivity contribution is 7.45. The number of primary amides is 2. The normalized spacial score (nSPS) is 35.6. The molecule has 0 aromatic carbocycles. The number of aliphatic hydroxyl groups excluding tert-OH is 7. The zero-order chi connectivity index (χ0) is 47.3. The molecule has 17 atom stereocenters. The number of hydrogen-bond acceptors (Lipinski definition) is 22. The number of hydrogen-bond donors (Lipinski definition) is 9. The van der Waals surface area contributed by atoms with Crippen molar-refractivity contribution in [2.75, 3.05) is 26.4 Å². The third kappa shape index (κ3) is 16.1. The van der Waals surface area contributed by atoms with E-state index >= 15 is 0 Å². The molecular formula is C38H61N2O22P-2. The van der Waals surface area contributed by atoms with Crippen molar-refractivity contribution in [2.24, 2.45) is 17.4 Å². The lowest BCUT2D eigenvalue weighted by Gasteiger charge is -2.47. The van der Waals surface area contributed by atoms with Gasteiger partial charge in [0.25, 0.3) is 7.82 Å². The van der Waals surface area contributed by atoms with Crippen LogP contribution in [0.5, 0.6) is 0 Å². The number of carbonyl (C=O) groups is 3. The number of rotatable bonds is 23. The number of aliphatic carboxylic acids is 1. The number of aliphatic hydroxyl groups is 7. The topological polar surface area (TPSA) is 391 Å². The van der Waals surface area contributed by atoms with Gasteiger partial charge < -0.3 is 99.7 Å². The summed E-state index contributed by atoms with van der Waals surface area (Å²) in [4.78, 5) is 49.4. The van der Waals surface area contributed by atoms with Crippen LogP contribution in [0.15, 0.2) is 34.9 Å². The van der Waals surface area contributed by atoms with E-state index in [1.54, 1.807) is 13.0 Å². The fourth-order valence-corrected chi connectivity index (χ4v) is 7.42. The van der Waals surface area contributed by atoms with Gasteiger partial charge in [0, 0.05) is 5.92 Å². The predicted octanol–water partition coefficient (Wildman–Crippen LogP) is -3.64. The Labute approximate surface area is 363 Å². The Balaban J connectivity index is 1.76. The number of allylic oxidation sites excluding steroid dienone is 5. The van der Waals surface area contributed by atoms with E-state index < -0.39 is 144 Å². The average molecular weight is 929 g/mol. The minimum atomic E-state index is -5.77. The maximum atomic E-state index is 13.2. The van der Waals surface area contributed by atoms with Crippen molar-refractivity contribution >= 4 is 25.8 Å². The van der Waals surface area contributed by atoms with Gasteiger partial charge in [-0.1, -0.05) is 41.9 Å². The highest BCUT2D eigenvalue weighted by atomic mass is 31.2. The molecule has 0 aliphatic carbocycles. The van der Waals surface area contributed by atoms with Crippen LogP contribution in [0.1, 0.15) is 60.3 Å². The summed E-state index contributed by atoms with van der Waals surface area (Å²) in [6.45, 7) is 6.16. The number of nitrogens with two attached hydrogens (primary N) is 2. The second kappa shape index (κ2) is 25.1. The molecule has 3 aliphatic heterocycles. The first-order chi connectivity index (χ1) is 29.5. The zero-order valence-corrected chi connectivity index (χ0v) is 36.4. The summed E-state index contributed by atoms with van der Waals surface area (Å²) in [7, 11) is -5.77. The Bertz CT molecular complexity index is 1640. The van der Waals surface area contributed by atoms with Crippen molar-refractivity contribution in [1.29, 1.82) is 0 Å². The molecule has 3 fully saturated rings. The minimum Gasteiger partial charge on any atom is -0.756 e. The maximum Gasteiger partial charge on any atom is 0.404 e. The third-order valence-electron chi connectivity index (χ3n) is 10.4. The Hall–Kier alpha value is -2.98. The van der Waals surface area contributed by atoms with Crippen LogP contribution in [0.25, 0.3) is 0 Å². The smallest absolute Gasteiger partial charge is 0.404 e. The second-order valence-corrected chi connectivity index (χ2v) is 17.0. The third-order valence-corrected chi connectivity index (χ3v) is 11.3. The Morgan fingerprint density at radius 2 is 1.38 bits per heavy atom. The molecule has 3 saturated heterocycles. The number of ether oxygens (including phenoxy) is 7. The van der Waals surface area contributed by atoms with Crippen molar-refractivity contribution < 1.29 is 107 Å². The fraction of sp³-hybridized carbons (Fsp3) is 0.763. The first-order valence-electron chi connectivity index (χ1n) is 20.1. The summed E-state index contributed by atoms with van der Waals surface area (Å²) in [5.41, 5.74) is 13.8. The number of amides is 2. The number of carbonyl (C=O) groups excluding carboxylic acids is 3. The second-order valence-electron chi connectivity index (χ2n) is 15.7. The van der Waals surface area contributed by atoms with Gasteiger partial charge in [-0.3, -0.25) is 13.9 Å². The molecule has 0 aromatic rings. The van der Waals surface area contributed by atoms with Crippen molar-refractivity contribution in [3.63, 3.8) is 0 Å². The van der Waals surface area contributed by atoms with Crippen LogP contribution >= 0.6 is 7.82 Å². The minimum absolute atomic E-state index is 0.276. The Kier molecular flexibility index (Phi) is 21.6.